The van der Waals surface area contributed by atoms with Crippen molar-refractivity contribution in [3.63, 3.8) is 0 Å². The second-order valence-electron chi connectivity index (χ2n) is 7.81. The van der Waals surface area contributed by atoms with E-state index >= 15 is 0 Å². The lowest BCUT2D eigenvalue weighted by Gasteiger charge is -2.14. The van der Waals surface area contributed by atoms with Crippen molar-refractivity contribution in [1.82, 2.24) is 15.1 Å². The Morgan fingerprint density at radius 1 is 1.03 bits per heavy atom. The van der Waals surface area contributed by atoms with Crippen LogP contribution in [-0.2, 0) is 11.3 Å². The highest BCUT2D eigenvalue weighted by molar-refractivity contribution is 5.88. The van der Waals surface area contributed by atoms with Gasteiger partial charge in [0.05, 0.1) is 24.4 Å². The summed E-state index contributed by atoms with van der Waals surface area (Å²) in [4.78, 5) is 12.9. The molecule has 0 aliphatic rings. The number of aryl methyl sites for hydroxylation is 1. The van der Waals surface area contributed by atoms with Crippen LogP contribution in [0, 0.1) is 13.8 Å². The molecule has 1 amide bonds. The van der Waals surface area contributed by atoms with E-state index < -0.39 is 0 Å². The van der Waals surface area contributed by atoms with Crippen LogP contribution in [0.15, 0.2) is 66.7 Å². The second-order valence-corrected chi connectivity index (χ2v) is 7.81. The molecule has 0 spiro atoms. The predicted octanol–water partition coefficient (Wildman–Crippen LogP) is 5.07. The number of methoxy groups -OCH3 is 1. The van der Waals surface area contributed by atoms with Gasteiger partial charge >= 0.3 is 0 Å². The number of amides is 1. The Labute approximate surface area is 182 Å². The Kier molecular flexibility index (Phi) is 5.76. The van der Waals surface area contributed by atoms with E-state index in [0.717, 1.165) is 44.7 Å². The van der Waals surface area contributed by atoms with Crippen LogP contribution in [0.2, 0.25) is 0 Å². The molecule has 1 heterocycles. The highest BCUT2D eigenvalue weighted by Gasteiger charge is 2.18. The molecule has 31 heavy (non-hydrogen) atoms. The van der Waals surface area contributed by atoms with E-state index in [1.54, 1.807) is 7.11 Å². The average Bonchev–Trinajstić information content (AvgIpc) is 3.09. The summed E-state index contributed by atoms with van der Waals surface area (Å²) in [5.74, 6) is 0.572. The van der Waals surface area contributed by atoms with E-state index in [2.05, 4.69) is 16.5 Å². The van der Waals surface area contributed by atoms with E-state index in [1.807, 2.05) is 86.1 Å². The van der Waals surface area contributed by atoms with Crippen molar-refractivity contribution >= 4 is 16.7 Å². The number of fused-ring (bicyclic) bond motifs is 1. The van der Waals surface area contributed by atoms with Gasteiger partial charge in [0.1, 0.15) is 5.75 Å². The van der Waals surface area contributed by atoms with Gasteiger partial charge in [-0.15, -0.1) is 0 Å². The van der Waals surface area contributed by atoms with Crippen molar-refractivity contribution in [1.29, 1.82) is 0 Å². The first kappa shape index (κ1) is 20.7. The highest BCUT2D eigenvalue weighted by atomic mass is 16.5. The van der Waals surface area contributed by atoms with Gasteiger partial charge in [-0.2, -0.15) is 5.10 Å². The molecule has 0 radical (unpaired) electrons. The maximum atomic E-state index is 12.9. The number of para-hydroxylation sites is 1. The smallest absolute Gasteiger partial charge is 0.227 e. The van der Waals surface area contributed by atoms with Crippen molar-refractivity contribution < 1.29 is 9.53 Å². The number of carbonyl (C=O) groups is 1. The van der Waals surface area contributed by atoms with Crippen molar-refractivity contribution in [2.75, 3.05) is 7.11 Å². The summed E-state index contributed by atoms with van der Waals surface area (Å²) < 4.78 is 7.22. The molecule has 5 heteroatoms. The molecule has 0 unspecified atom stereocenters. The Bertz CT molecular complexity index is 1230. The van der Waals surface area contributed by atoms with Crippen LogP contribution < -0.4 is 10.1 Å². The van der Waals surface area contributed by atoms with E-state index in [-0.39, 0.29) is 11.8 Å². The fourth-order valence-corrected chi connectivity index (χ4v) is 3.87. The molecule has 4 rings (SSSR count). The zero-order chi connectivity index (χ0) is 22.0. The lowest BCUT2D eigenvalue weighted by Crippen LogP contribution is -2.28. The van der Waals surface area contributed by atoms with Gasteiger partial charge in [0, 0.05) is 17.8 Å². The van der Waals surface area contributed by atoms with Gasteiger partial charge < -0.3 is 10.1 Å². The number of hydrogen-bond acceptors (Lipinski definition) is 3. The zero-order valence-corrected chi connectivity index (χ0v) is 18.3. The monoisotopic (exact) mass is 413 g/mol. The van der Waals surface area contributed by atoms with Crippen molar-refractivity contribution in [2.45, 2.75) is 33.2 Å². The summed E-state index contributed by atoms with van der Waals surface area (Å²) in [5, 5.41) is 9.95. The summed E-state index contributed by atoms with van der Waals surface area (Å²) in [6, 6.07) is 22.1. The number of ether oxygens (including phenoxy) is 1. The lowest BCUT2D eigenvalue weighted by atomic mass is 9.97. The third kappa shape index (κ3) is 4.17. The van der Waals surface area contributed by atoms with Gasteiger partial charge in [-0.25, -0.2) is 4.68 Å². The number of nitrogens with one attached hydrogen (secondary N) is 1. The summed E-state index contributed by atoms with van der Waals surface area (Å²) in [6.07, 6.45) is 0. The SMILES string of the molecule is COc1ccc2cc([C@H](C)C(=O)NCc3c(C)nn(-c4ccccc4)c3C)ccc2c1. The van der Waals surface area contributed by atoms with Crippen LogP contribution in [0.4, 0.5) is 0 Å². The molecule has 0 saturated heterocycles. The molecular weight excluding hydrogens is 386 g/mol. The standard InChI is InChI=1S/C26H27N3O2/c1-17(20-10-11-22-15-24(31-4)13-12-21(22)14-20)26(30)27-16-25-18(2)28-29(19(25)3)23-8-6-5-7-9-23/h5-15,17H,16H2,1-4H3,(H,27,30)/t17-/m0/s1. The minimum Gasteiger partial charge on any atom is -0.497 e. The van der Waals surface area contributed by atoms with Gasteiger partial charge in [0.2, 0.25) is 5.91 Å². The fraction of sp³-hybridized carbons (Fsp3) is 0.231. The largest absolute Gasteiger partial charge is 0.497 e. The van der Waals surface area contributed by atoms with E-state index in [1.165, 1.54) is 0 Å². The van der Waals surface area contributed by atoms with Gasteiger partial charge in [0.25, 0.3) is 0 Å². The first-order valence-electron chi connectivity index (χ1n) is 10.4. The number of hydrogen-bond donors (Lipinski definition) is 1. The molecule has 0 saturated carbocycles. The van der Waals surface area contributed by atoms with Gasteiger partial charge in [-0.05, 0) is 61.4 Å². The van der Waals surface area contributed by atoms with E-state index in [9.17, 15) is 4.79 Å². The average molecular weight is 414 g/mol. The van der Waals surface area contributed by atoms with E-state index in [4.69, 9.17) is 4.74 Å². The van der Waals surface area contributed by atoms with Crippen LogP contribution in [0.1, 0.15) is 35.4 Å². The molecule has 0 fully saturated rings. The van der Waals surface area contributed by atoms with Gasteiger partial charge in [-0.1, -0.05) is 42.5 Å². The Hall–Kier alpha value is -3.60. The zero-order valence-electron chi connectivity index (χ0n) is 18.3. The number of rotatable bonds is 6. The number of aromatic nitrogens is 2. The first-order valence-corrected chi connectivity index (χ1v) is 10.4. The summed E-state index contributed by atoms with van der Waals surface area (Å²) in [5.41, 5.74) is 5.02. The van der Waals surface area contributed by atoms with Crippen LogP contribution in [0.3, 0.4) is 0 Å². The molecule has 1 N–H and O–H groups in total. The number of carbonyl (C=O) groups excluding carboxylic acids is 1. The molecule has 3 aromatic carbocycles. The van der Waals surface area contributed by atoms with Gasteiger partial charge in [-0.3, -0.25) is 4.79 Å². The van der Waals surface area contributed by atoms with Crippen molar-refractivity contribution in [3.8, 4) is 11.4 Å². The maximum absolute atomic E-state index is 12.9. The number of nitrogens with zero attached hydrogens (tertiary/aromatic N) is 2. The molecule has 1 aromatic heterocycles. The maximum Gasteiger partial charge on any atom is 0.227 e. The summed E-state index contributed by atoms with van der Waals surface area (Å²) >= 11 is 0. The van der Waals surface area contributed by atoms with Crippen LogP contribution in [0.5, 0.6) is 5.75 Å². The Morgan fingerprint density at radius 2 is 1.74 bits per heavy atom. The Balaban J connectivity index is 1.49. The molecule has 0 bridgehead atoms. The fourth-order valence-electron chi connectivity index (χ4n) is 3.87. The topological polar surface area (TPSA) is 56.1 Å². The molecule has 0 aliphatic heterocycles. The molecule has 5 nitrogen and oxygen atoms in total. The van der Waals surface area contributed by atoms with Crippen LogP contribution in [-0.4, -0.2) is 22.8 Å². The lowest BCUT2D eigenvalue weighted by molar-refractivity contribution is -0.122. The minimum atomic E-state index is -0.253. The Morgan fingerprint density at radius 3 is 2.48 bits per heavy atom. The van der Waals surface area contributed by atoms with Crippen molar-refractivity contribution in [3.05, 3.63) is 89.2 Å². The van der Waals surface area contributed by atoms with Crippen LogP contribution >= 0.6 is 0 Å². The molecule has 158 valence electrons. The molecule has 4 aromatic rings. The third-order valence-electron chi connectivity index (χ3n) is 5.85. The minimum absolute atomic E-state index is 0.000812. The normalized spacial score (nSPS) is 12.0. The quantitative estimate of drug-likeness (QED) is 0.480. The molecular formula is C26H27N3O2. The van der Waals surface area contributed by atoms with Crippen molar-refractivity contribution in [2.24, 2.45) is 0 Å². The summed E-state index contributed by atoms with van der Waals surface area (Å²) in [7, 11) is 1.66. The number of benzene rings is 3. The third-order valence-corrected chi connectivity index (χ3v) is 5.85. The molecule has 1 atom stereocenters. The second kappa shape index (κ2) is 8.64. The van der Waals surface area contributed by atoms with E-state index in [0.29, 0.717) is 6.54 Å². The first-order chi connectivity index (χ1) is 15.0. The van der Waals surface area contributed by atoms with Gasteiger partial charge in [0.15, 0.2) is 0 Å². The van der Waals surface area contributed by atoms with Crippen LogP contribution in [0.25, 0.3) is 16.5 Å². The summed E-state index contributed by atoms with van der Waals surface area (Å²) in [6.45, 7) is 6.41. The predicted molar refractivity (Wildman–Crippen MR) is 124 cm³/mol. The molecule has 0 aliphatic carbocycles. The highest BCUT2D eigenvalue weighted by Crippen LogP contribution is 2.25.